The van der Waals surface area contributed by atoms with Crippen molar-refractivity contribution in [1.29, 1.82) is 0 Å². The highest BCUT2D eigenvalue weighted by molar-refractivity contribution is 6.19. The second-order valence-corrected chi connectivity index (χ2v) is 3.88. The predicted molar refractivity (Wildman–Crippen MR) is 60.9 cm³/mol. The van der Waals surface area contributed by atoms with Crippen LogP contribution in [0.2, 0.25) is 0 Å². The number of hydrogen-bond donors (Lipinski definition) is 0. The first-order valence-electron chi connectivity index (χ1n) is 5.10. The summed E-state index contributed by atoms with van der Waals surface area (Å²) in [7, 11) is 0. The zero-order valence-electron chi connectivity index (χ0n) is 8.47. The summed E-state index contributed by atoms with van der Waals surface area (Å²) in [6.07, 6.45) is 0. The monoisotopic (exact) mass is 197 g/mol. The van der Waals surface area contributed by atoms with Crippen LogP contribution in [0, 0.1) is 0 Å². The van der Waals surface area contributed by atoms with Crippen LogP contribution in [-0.4, -0.2) is 11.9 Å². The Morgan fingerprint density at radius 2 is 1.73 bits per heavy atom. The molecule has 2 aromatic carbocycles. The van der Waals surface area contributed by atoms with E-state index < -0.39 is 0 Å². The van der Waals surface area contributed by atoms with E-state index in [1.54, 1.807) is 0 Å². The lowest BCUT2D eigenvalue weighted by Crippen LogP contribution is -1.96. The zero-order chi connectivity index (χ0) is 10.4. The van der Waals surface area contributed by atoms with Gasteiger partial charge in [-0.2, -0.15) is 0 Å². The molecule has 1 amide bonds. The van der Waals surface area contributed by atoms with Crippen LogP contribution in [0.5, 0.6) is 0 Å². The Hall–Kier alpha value is -1.83. The summed E-state index contributed by atoms with van der Waals surface area (Å²) >= 11 is 0. The zero-order valence-corrected chi connectivity index (χ0v) is 8.47. The van der Waals surface area contributed by atoms with Crippen molar-refractivity contribution in [3.05, 3.63) is 42.5 Å². The number of amides is 1. The second-order valence-electron chi connectivity index (χ2n) is 3.88. The van der Waals surface area contributed by atoms with E-state index in [4.69, 9.17) is 0 Å². The standard InChI is InChI=1S/C13H11NO/c1-9-13(15)14(9)12-8-4-6-10-5-2-3-7-11(10)12/h2-9H,1H3. The highest BCUT2D eigenvalue weighted by Gasteiger charge is 2.43. The number of rotatable bonds is 1. The molecule has 74 valence electrons. The Morgan fingerprint density at radius 1 is 1.07 bits per heavy atom. The van der Waals surface area contributed by atoms with E-state index in [9.17, 15) is 4.79 Å². The summed E-state index contributed by atoms with van der Waals surface area (Å²) in [5, 5.41) is 2.33. The maximum absolute atomic E-state index is 11.4. The van der Waals surface area contributed by atoms with Gasteiger partial charge in [-0.3, -0.25) is 9.69 Å². The van der Waals surface area contributed by atoms with Crippen molar-refractivity contribution in [3.8, 4) is 0 Å². The minimum Gasteiger partial charge on any atom is -0.298 e. The van der Waals surface area contributed by atoms with Gasteiger partial charge >= 0.3 is 0 Å². The summed E-state index contributed by atoms with van der Waals surface area (Å²) in [5.41, 5.74) is 1.03. The molecular weight excluding hydrogens is 186 g/mol. The highest BCUT2D eigenvalue weighted by Crippen LogP contribution is 2.34. The van der Waals surface area contributed by atoms with E-state index >= 15 is 0 Å². The van der Waals surface area contributed by atoms with Crippen molar-refractivity contribution in [3.63, 3.8) is 0 Å². The van der Waals surface area contributed by atoms with Gasteiger partial charge in [0.2, 0.25) is 0 Å². The molecule has 0 aromatic heterocycles. The SMILES string of the molecule is CC1C(=O)N1c1cccc2ccccc12. The van der Waals surface area contributed by atoms with E-state index in [1.807, 2.05) is 36.1 Å². The van der Waals surface area contributed by atoms with Gasteiger partial charge in [0.25, 0.3) is 5.91 Å². The molecule has 0 bridgehead atoms. The first-order valence-corrected chi connectivity index (χ1v) is 5.10. The van der Waals surface area contributed by atoms with Crippen molar-refractivity contribution < 1.29 is 4.79 Å². The molecule has 1 saturated heterocycles. The average molecular weight is 197 g/mol. The van der Waals surface area contributed by atoms with Crippen LogP contribution in [-0.2, 0) is 4.79 Å². The molecule has 1 aliphatic rings. The Labute approximate surface area is 88.1 Å². The lowest BCUT2D eigenvalue weighted by atomic mass is 10.1. The van der Waals surface area contributed by atoms with Crippen LogP contribution in [0.25, 0.3) is 10.8 Å². The van der Waals surface area contributed by atoms with Crippen molar-refractivity contribution in [1.82, 2.24) is 0 Å². The Balaban J connectivity index is 2.23. The normalized spacial score (nSPS) is 19.7. The maximum atomic E-state index is 11.4. The highest BCUT2D eigenvalue weighted by atomic mass is 16.2. The third-order valence-electron chi connectivity index (χ3n) is 2.94. The topological polar surface area (TPSA) is 20.1 Å². The second kappa shape index (κ2) is 2.83. The Kier molecular flexibility index (Phi) is 1.60. The third-order valence-corrected chi connectivity index (χ3v) is 2.94. The minimum absolute atomic E-state index is 0.0517. The number of anilines is 1. The molecule has 2 nitrogen and oxygen atoms in total. The summed E-state index contributed by atoms with van der Waals surface area (Å²) in [5.74, 6) is 0.214. The lowest BCUT2D eigenvalue weighted by Gasteiger charge is -2.06. The van der Waals surface area contributed by atoms with Gasteiger partial charge < -0.3 is 0 Å². The molecule has 0 N–H and O–H groups in total. The van der Waals surface area contributed by atoms with Gasteiger partial charge in [-0.15, -0.1) is 0 Å². The van der Waals surface area contributed by atoms with Gasteiger partial charge in [0.15, 0.2) is 0 Å². The molecule has 2 aromatic rings. The number of benzene rings is 2. The molecular formula is C13H11NO. The molecule has 0 aliphatic carbocycles. The van der Waals surface area contributed by atoms with Crippen molar-refractivity contribution in [2.24, 2.45) is 0 Å². The van der Waals surface area contributed by atoms with Crippen LogP contribution in [0.4, 0.5) is 5.69 Å². The summed E-state index contributed by atoms with van der Waals surface area (Å²) in [6, 6.07) is 14.3. The smallest absolute Gasteiger partial charge is 0.250 e. The maximum Gasteiger partial charge on any atom is 0.250 e. The number of carbonyl (C=O) groups excluding carboxylic acids is 1. The van der Waals surface area contributed by atoms with Gasteiger partial charge in [-0.25, -0.2) is 0 Å². The molecule has 3 rings (SSSR count). The van der Waals surface area contributed by atoms with E-state index in [0.29, 0.717) is 0 Å². The van der Waals surface area contributed by atoms with Gasteiger partial charge in [-0.1, -0.05) is 36.4 Å². The van der Waals surface area contributed by atoms with Gasteiger partial charge in [0, 0.05) is 5.39 Å². The number of hydrogen-bond acceptors (Lipinski definition) is 1. The van der Waals surface area contributed by atoms with Crippen LogP contribution in [0.1, 0.15) is 6.92 Å². The first-order chi connectivity index (χ1) is 7.29. The number of carbonyl (C=O) groups is 1. The van der Waals surface area contributed by atoms with Gasteiger partial charge in [0.1, 0.15) is 6.04 Å². The van der Waals surface area contributed by atoms with Crippen LogP contribution < -0.4 is 4.90 Å². The van der Waals surface area contributed by atoms with Gasteiger partial charge in [-0.05, 0) is 18.4 Å². The average Bonchev–Trinajstić information content (AvgIpc) is 2.86. The fourth-order valence-corrected chi connectivity index (χ4v) is 2.02. The minimum atomic E-state index is 0.0517. The van der Waals surface area contributed by atoms with E-state index in [0.717, 1.165) is 11.1 Å². The van der Waals surface area contributed by atoms with E-state index in [1.165, 1.54) is 5.39 Å². The summed E-state index contributed by atoms with van der Waals surface area (Å²) in [4.78, 5) is 13.2. The number of nitrogens with zero attached hydrogens (tertiary/aromatic N) is 1. The third kappa shape index (κ3) is 1.14. The quantitative estimate of drug-likeness (QED) is 0.643. The number of fused-ring (bicyclic) bond motifs is 1. The molecule has 0 spiro atoms. The lowest BCUT2D eigenvalue weighted by molar-refractivity contribution is -0.110. The van der Waals surface area contributed by atoms with E-state index in [-0.39, 0.29) is 11.9 Å². The summed E-state index contributed by atoms with van der Waals surface area (Å²) < 4.78 is 0. The molecule has 0 saturated carbocycles. The Morgan fingerprint density at radius 3 is 2.47 bits per heavy atom. The fourth-order valence-electron chi connectivity index (χ4n) is 2.02. The van der Waals surface area contributed by atoms with Gasteiger partial charge in [0.05, 0.1) is 5.69 Å². The predicted octanol–water partition coefficient (Wildman–Crippen LogP) is 2.57. The molecule has 1 fully saturated rings. The molecule has 1 aliphatic heterocycles. The molecule has 1 heterocycles. The van der Waals surface area contributed by atoms with Crippen LogP contribution in [0.15, 0.2) is 42.5 Å². The van der Waals surface area contributed by atoms with Crippen LogP contribution >= 0.6 is 0 Å². The van der Waals surface area contributed by atoms with Crippen molar-refractivity contribution in [2.45, 2.75) is 13.0 Å². The molecule has 2 heteroatoms. The summed E-state index contributed by atoms with van der Waals surface area (Å²) in [6.45, 7) is 1.93. The van der Waals surface area contributed by atoms with E-state index in [2.05, 4.69) is 18.2 Å². The van der Waals surface area contributed by atoms with Crippen molar-refractivity contribution >= 4 is 22.4 Å². The molecule has 1 atom stereocenters. The molecule has 15 heavy (non-hydrogen) atoms. The largest absolute Gasteiger partial charge is 0.298 e. The molecule has 0 radical (unpaired) electrons. The van der Waals surface area contributed by atoms with Crippen molar-refractivity contribution in [2.75, 3.05) is 4.90 Å². The molecule has 1 unspecified atom stereocenters. The fraction of sp³-hybridized carbons (Fsp3) is 0.154. The van der Waals surface area contributed by atoms with Crippen LogP contribution in [0.3, 0.4) is 0 Å². The Bertz CT molecular complexity index is 542. The first kappa shape index (κ1) is 8.48.